The first-order chi connectivity index (χ1) is 14.7. The van der Waals surface area contributed by atoms with Gasteiger partial charge >= 0.3 is 12.4 Å². The number of rotatable bonds is 4. The minimum atomic E-state index is -4.78. The molecule has 2 unspecified atom stereocenters. The molecule has 0 spiro atoms. The van der Waals surface area contributed by atoms with Gasteiger partial charge in [0.2, 0.25) is 0 Å². The Morgan fingerprint density at radius 1 is 1.16 bits per heavy atom. The Morgan fingerprint density at radius 2 is 1.90 bits per heavy atom. The van der Waals surface area contributed by atoms with Crippen LogP contribution in [0.5, 0.6) is 5.75 Å². The first-order valence-electron chi connectivity index (χ1n) is 9.76. The van der Waals surface area contributed by atoms with Crippen LogP contribution in [0.3, 0.4) is 0 Å². The molecule has 0 aromatic heterocycles. The maximum atomic E-state index is 13.0. The fraction of sp³-hybridized carbons (Fsp3) is 0.318. The van der Waals surface area contributed by atoms with Gasteiger partial charge < -0.3 is 10.1 Å². The summed E-state index contributed by atoms with van der Waals surface area (Å²) in [5, 5.41) is 11.8. The molecule has 2 aromatic carbocycles. The van der Waals surface area contributed by atoms with Gasteiger partial charge in [-0.05, 0) is 60.2 Å². The third kappa shape index (κ3) is 4.33. The average Bonchev–Trinajstić information content (AvgIpc) is 3.00. The summed E-state index contributed by atoms with van der Waals surface area (Å²) in [7, 11) is 0. The number of fused-ring (bicyclic) bond motifs is 1. The monoisotopic (exact) mass is 429 g/mol. The minimum Gasteiger partial charge on any atom is -0.406 e. The summed E-state index contributed by atoms with van der Waals surface area (Å²) in [4.78, 5) is 26.9. The highest BCUT2D eigenvalue weighted by atomic mass is 19.4. The molecule has 6 nitrogen and oxygen atoms in total. The molecule has 3 amide bonds. The van der Waals surface area contributed by atoms with Crippen molar-refractivity contribution in [2.24, 2.45) is 0 Å². The average molecular weight is 429 g/mol. The Bertz CT molecular complexity index is 1060. The molecule has 2 aromatic rings. The van der Waals surface area contributed by atoms with Crippen molar-refractivity contribution in [2.75, 3.05) is 0 Å². The van der Waals surface area contributed by atoms with Crippen LogP contribution in [0.1, 0.15) is 41.1 Å². The van der Waals surface area contributed by atoms with Gasteiger partial charge in [-0.25, -0.2) is 4.79 Å². The van der Waals surface area contributed by atoms with Gasteiger partial charge in [0.15, 0.2) is 0 Å². The largest absolute Gasteiger partial charge is 0.573 e. The lowest BCUT2D eigenvalue weighted by atomic mass is 9.86. The minimum absolute atomic E-state index is 0.153. The Kier molecular flexibility index (Phi) is 5.31. The molecule has 1 heterocycles. The van der Waals surface area contributed by atoms with Crippen molar-refractivity contribution in [3.05, 3.63) is 64.7 Å². The van der Waals surface area contributed by atoms with Crippen molar-refractivity contribution in [1.29, 1.82) is 5.26 Å². The van der Waals surface area contributed by atoms with Gasteiger partial charge in [-0.15, -0.1) is 13.2 Å². The van der Waals surface area contributed by atoms with E-state index in [2.05, 4.69) is 16.1 Å². The molecule has 9 heteroatoms. The number of alkyl halides is 3. The van der Waals surface area contributed by atoms with E-state index in [1.807, 2.05) is 0 Å². The first kappa shape index (κ1) is 20.7. The molecule has 2 aliphatic rings. The van der Waals surface area contributed by atoms with E-state index in [0.29, 0.717) is 17.5 Å². The van der Waals surface area contributed by atoms with Crippen LogP contribution in [-0.4, -0.2) is 29.2 Å². The van der Waals surface area contributed by atoms with Crippen molar-refractivity contribution in [1.82, 2.24) is 10.2 Å². The Balaban J connectivity index is 1.50. The smallest absolute Gasteiger partial charge is 0.406 e. The van der Waals surface area contributed by atoms with Gasteiger partial charge in [-0.1, -0.05) is 18.2 Å². The molecule has 160 valence electrons. The second-order valence-corrected chi connectivity index (χ2v) is 7.54. The lowest BCUT2D eigenvalue weighted by Gasteiger charge is -2.31. The number of nitrogens with zero attached hydrogens (tertiary/aromatic N) is 2. The third-order valence-electron chi connectivity index (χ3n) is 5.52. The van der Waals surface area contributed by atoms with Crippen LogP contribution in [-0.2, 0) is 17.6 Å². The summed E-state index contributed by atoms with van der Waals surface area (Å²) in [5.74, 6) is -0.724. The quantitative estimate of drug-likeness (QED) is 0.745. The van der Waals surface area contributed by atoms with Crippen LogP contribution < -0.4 is 10.1 Å². The number of urea groups is 1. The Labute approximate surface area is 176 Å². The zero-order chi connectivity index (χ0) is 22.2. The van der Waals surface area contributed by atoms with Gasteiger partial charge in [0.05, 0.1) is 17.7 Å². The van der Waals surface area contributed by atoms with Crippen LogP contribution in [0, 0.1) is 11.3 Å². The van der Waals surface area contributed by atoms with Crippen molar-refractivity contribution in [3.63, 3.8) is 0 Å². The van der Waals surface area contributed by atoms with E-state index in [0.717, 1.165) is 24.0 Å². The summed E-state index contributed by atoms with van der Waals surface area (Å²) in [6, 6.07) is 10.9. The van der Waals surface area contributed by atoms with Crippen LogP contribution >= 0.6 is 0 Å². The van der Waals surface area contributed by atoms with Crippen molar-refractivity contribution in [2.45, 2.75) is 44.1 Å². The SMILES string of the molecule is N#Cc1ccc2c(c1)CCCC2N1C(=O)NC(Cc2ccc(OC(F)(F)F)cc2)C1=O. The highest BCUT2D eigenvalue weighted by Gasteiger charge is 2.43. The molecule has 1 fully saturated rings. The van der Waals surface area contributed by atoms with Crippen LogP contribution in [0.2, 0.25) is 0 Å². The van der Waals surface area contributed by atoms with Crippen LogP contribution in [0.15, 0.2) is 42.5 Å². The molecule has 1 aliphatic heterocycles. The highest BCUT2D eigenvalue weighted by Crippen LogP contribution is 2.36. The molecule has 0 bridgehead atoms. The number of nitriles is 1. The van der Waals surface area contributed by atoms with Crippen molar-refractivity contribution >= 4 is 11.9 Å². The molecule has 1 saturated heterocycles. The van der Waals surface area contributed by atoms with E-state index >= 15 is 0 Å². The highest BCUT2D eigenvalue weighted by molar-refractivity contribution is 6.04. The second kappa shape index (κ2) is 7.95. The van der Waals surface area contributed by atoms with Crippen LogP contribution in [0.4, 0.5) is 18.0 Å². The van der Waals surface area contributed by atoms with E-state index in [9.17, 15) is 22.8 Å². The van der Waals surface area contributed by atoms with Crippen LogP contribution in [0.25, 0.3) is 0 Å². The number of aryl methyl sites for hydroxylation is 1. The maximum Gasteiger partial charge on any atom is 0.573 e. The molecule has 1 aliphatic carbocycles. The maximum absolute atomic E-state index is 13.0. The van der Waals surface area contributed by atoms with E-state index in [4.69, 9.17) is 5.26 Å². The van der Waals surface area contributed by atoms with E-state index < -0.39 is 24.5 Å². The number of hydrogen-bond donors (Lipinski definition) is 1. The normalized spacial score (nSPS) is 20.8. The fourth-order valence-corrected chi connectivity index (χ4v) is 4.17. The summed E-state index contributed by atoms with van der Waals surface area (Å²) >= 11 is 0. The lowest BCUT2D eigenvalue weighted by Crippen LogP contribution is -2.37. The predicted octanol–water partition coefficient (Wildman–Crippen LogP) is 4.00. The number of nitrogens with one attached hydrogen (secondary N) is 1. The summed E-state index contributed by atoms with van der Waals surface area (Å²) in [6.07, 6.45) is -2.42. The summed E-state index contributed by atoms with van der Waals surface area (Å²) in [6.45, 7) is 0. The lowest BCUT2D eigenvalue weighted by molar-refractivity contribution is -0.274. The van der Waals surface area contributed by atoms with Gasteiger partial charge in [0.1, 0.15) is 11.8 Å². The Morgan fingerprint density at radius 3 is 2.58 bits per heavy atom. The van der Waals surface area contributed by atoms with Crippen molar-refractivity contribution in [3.8, 4) is 11.8 Å². The van der Waals surface area contributed by atoms with Gasteiger partial charge in [0.25, 0.3) is 5.91 Å². The second-order valence-electron chi connectivity index (χ2n) is 7.54. The Hall–Kier alpha value is -3.54. The zero-order valence-electron chi connectivity index (χ0n) is 16.3. The van der Waals surface area contributed by atoms with E-state index in [1.54, 1.807) is 18.2 Å². The first-order valence-corrected chi connectivity index (χ1v) is 9.76. The number of ether oxygens (including phenoxy) is 1. The third-order valence-corrected chi connectivity index (χ3v) is 5.52. The fourth-order valence-electron chi connectivity index (χ4n) is 4.17. The molecule has 0 radical (unpaired) electrons. The number of imide groups is 1. The number of amides is 3. The molecule has 0 saturated carbocycles. The molecular formula is C22H18F3N3O3. The summed E-state index contributed by atoms with van der Waals surface area (Å²) in [5.41, 5.74) is 2.95. The van der Waals surface area contributed by atoms with E-state index in [1.165, 1.54) is 29.2 Å². The topological polar surface area (TPSA) is 82.4 Å². The van der Waals surface area contributed by atoms with Crippen molar-refractivity contribution < 1.29 is 27.5 Å². The zero-order valence-corrected chi connectivity index (χ0v) is 16.3. The summed E-state index contributed by atoms with van der Waals surface area (Å²) < 4.78 is 40.7. The van der Waals surface area contributed by atoms with Gasteiger partial charge in [0, 0.05) is 6.42 Å². The predicted molar refractivity (Wildman–Crippen MR) is 103 cm³/mol. The molecule has 2 atom stereocenters. The molecule has 1 N–H and O–H groups in total. The standard InChI is InChI=1S/C22H18F3N3O3/c23-22(24,25)31-16-7-4-13(5-8-16)11-18-20(29)28(21(30)27-18)19-3-1-2-15-10-14(12-26)6-9-17(15)19/h4-10,18-19H,1-3,11H2,(H,27,30). The van der Waals surface area contributed by atoms with Gasteiger partial charge in [-0.3, -0.25) is 9.69 Å². The molecule has 31 heavy (non-hydrogen) atoms. The van der Waals surface area contributed by atoms with E-state index in [-0.39, 0.29) is 18.1 Å². The number of carbonyl (C=O) groups is 2. The number of benzene rings is 2. The number of halogens is 3. The molecule has 4 rings (SSSR count). The van der Waals surface area contributed by atoms with Gasteiger partial charge in [-0.2, -0.15) is 5.26 Å². The number of carbonyl (C=O) groups excluding carboxylic acids is 2. The molecular weight excluding hydrogens is 411 g/mol. The number of hydrogen-bond acceptors (Lipinski definition) is 4.